The molecule has 0 N–H and O–H groups in total. The van der Waals surface area contributed by atoms with E-state index in [2.05, 4.69) is 0 Å². The van der Waals surface area contributed by atoms with Gasteiger partial charge in [-0.2, -0.15) is 13.2 Å². The molecule has 5 nitrogen and oxygen atoms in total. The maximum absolute atomic E-state index is 13.2. The summed E-state index contributed by atoms with van der Waals surface area (Å²) in [5, 5.41) is 0. The molecule has 1 aliphatic rings. The van der Waals surface area contributed by atoms with Crippen molar-refractivity contribution in [1.82, 2.24) is 0 Å². The van der Waals surface area contributed by atoms with Crippen LogP contribution in [0.15, 0.2) is 77.2 Å². The number of benzene rings is 3. The molecule has 0 spiro atoms. The Bertz CT molecular complexity index is 1390. The number of halogens is 3. The molecule has 3 aromatic carbocycles. The molecule has 0 saturated carbocycles. The van der Waals surface area contributed by atoms with E-state index in [-0.39, 0.29) is 0 Å². The molecule has 1 aliphatic heterocycles. The Kier molecular flexibility index (Phi) is 5.61. The summed E-state index contributed by atoms with van der Waals surface area (Å²) in [5.41, 5.74) is 2.61. The fourth-order valence-electron chi connectivity index (χ4n) is 4.16. The van der Waals surface area contributed by atoms with Crippen LogP contribution in [0, 0.1) is 0 Å². The van der Waals surface area contributed by atoms with Crippen molar-refractivity contribution in [3.63, 3.8) is 0 Å². The lowest BCUT2D eigenvalue weighted by molar-refractivity contribution is -0.137. The van der Waals surface area contributed by atoms with Crippen LogP contribution in [0.3, 0.4) is 0 Å². The summed E-state index contributed by atoms with van der Waals surface area (Å²) in [7, 11) is 2.79. The number of alkyl halides is 3. The van der Waals surface area contributed by atoms with Gasteiger partial charge in [0.1, 0.15) is 17.3 Å². The van der Waals surface area contributed by atoms with Crippen molar-refractivity contribution in [1.29, 1.82) is 0 Å². The number of hydrogen-bond acceptors (Lipinski definition) is 5. The number of hydrogen-bond donors (Lipinski definition) is 0. The van der Waals surface area contributed by atoms with E-state index in [1.54, 1.807) is 30.3 Å². The summed E-state index contributed by atoms with van der Waals surface area (Å²) in [6.07, 6.45) is -5.27. The van der Waals surface area contributed by atoms with Gasteiger partial charge in [0.15, 0.2) is 0 Å². The fraction of sp³-hybridized carbons (Fsp3) is 0.148. The van der Waals surface area contributed by atoms with Crippen LogP contribution in [-0.2, 0) is 15.7 Å². The van der Waals surface area contributed by atoms with E-state index >= 15 is 0 Å². The fourth-order valence-corrected chi connectivity index (χ4v) is 4.16. The lowest BCUT2D eigenvalue weighted by Gasteiger charge is -2.25. The number of esters is 1. The summed E-state index contributed by atoms with van der Waals surface area (Å²) in [6, 6.07) is 18.7. The van der Waals surface area contributed by atoms with Crippen molar-refractivity contribution in [2.45, 2.75) is 12.5 Å². The molecule has 8 heteroatoms. The highest BCUT2D eigenvalue weighted by atomic mass is 19.4. The lowest BCUT2D eigenvalue weighted by atomic mass is 9.93. The zero-order valence-electron chi connectivity index (χ0n) is 18.7. The van der Waals surface area contributed by atoms with Gasteiger partial charge in [-0.15, -0.1) is 0 Å². The number of carbonyl (C=O) groups excluding carboxylic acids is 1. The van der Waals surface area contributed by atoms with Crippen LogP contribution >= 0.6 is 0 Å². The van der Waals surface area contributed by atoms with Crippen LogP contribution in [0.2, 0.25) is 0 Å². The first kappa shape index (κ1) is 22.7. The molecule has 4 aromatic rings. The van der Waals surface area contributed by atoms with E-state index in [0.29, 0.717) is 50.7 Å². The molecule has 5 rings (SSSR count). The van der Waals surface area contributed by atoms with Gasteiger partial charge in [-0.05, 0) is 42.0 Å². The molecule has 0 radical (unpaired) electrons. The van der Waals surface area contributed by atoms with Crippen LogP contribution < -0.4 is 4.74 Å². The van der Waals surface area contributed by atoms with E-state index in [9.17, 15) is 18.0 Å². The molecule has 35 heavy (non-hydrogen) atoms. The van der Waals surface area contributed by atoms with E-state index in [1.165, 1.54) is 26.4 Å². The van der Waals surface area contributed by atoms with E-state index < -0.39 is 24.0 Å². The van der Waals surface area contributed by atoms with Crippen LogP contribution in [0.5, 0.6) is 5.75 Å². The molecule has 0 bridgehead atoms. The highest BCUT2D eigenvalue weighted by Gasteiger charge is 2.36. The summed E-state index contributed by atoms with van der Waals surface area (Å²) in [6.45, 7) is 0. The van der Waals surface area contributed by atoms with Gasteiger partial charge in [0.25, 0.3) is 0 Å². The lowest BCUT2D eigenvalue weighted by Crippen LogP contribution is -2.15. The third kappa shape index (κ3) is 3.95. The molecule has 1 aromatic heterocycles. The highest BCUT2D eigenvalue weighted by Crippen LogP contribution is 2.52. The second kappa shape index (κ2) is 8.63. The monoisotopic (exact) mass is 480 g/mol. The second-order valence-corrected chi connectivity index (χ2v) is 7.87. The van der Waals surface area contributed by atoms with Crippen molar-refractivity contribution in [3.05, 3.63) is 89.5 Å². The third-order valence-corrected chi connectivity index (χ3v) is 5.83. The summed E-state index contributed by atoms with van der Waals surface area (Å²) >= 11 is 0. The number of para-hydroxylation sites is 1. The molecule has 0 fully saturated rings. The highest BCUT2D eigenvalue weighted by molar-refractivity contribution is 5.93. The minimum absolute atomic E-state index is 0.356. The van der Waals surface area contributed by atoms with Crippen LogP contribution in [0.4, 0.5) is 13.2 Å². The molecular formula is C27H19F3O5. The summed E-state index contributed by atoms with van der Waals surface area (Å²) in [4.78, 5) is 11.9. The molecule has 1 atom stereocenters. The van der Waals surface area contributed by atoms with Crippen molar-refractivity contribution in [3.8, 4) is 39.5 Å². The average Bonchev–Trinajstić information content (AvgIpc) is 3.28. The number of methoxy groups -OCH3 is 2. The number of fused-ring (bicyclic) bond motifs is 3. The van der Waals surface area contributed by atoms with Crippen LogP contribution in [0.1, 0.15) is 27.8 Å². The topological polar surface area (TPSA) is 57.9 Å². The maximum Gasteiger partial charge on any atom is 0.416 e. The van der Waals surface area contributed by atoms with Crippen molar-refractivity contribution in [2.24, 2.45) is 0 Å². The molecule has 0 aliphatic carbocycles. The first-order valence-electron chi connectivity index (χ1n) is 10.6. The predicted molar refractivity (Wildman–Crippen MR) is 122 cm³/mol. The normalized spacial score (nSPS) is 14.6. The quantitative estimate of drug-likeness (QED) is 0.291. The van der Waals surface area contributed by atoms with Crippen LogP contribution in [-0.4, -0.2) is 20.2 Å². The molecule has 0 amide bonds. The first-order valence-corrected chi connectivity index (χ1v) is 10.6. The van der Waals surface area contributed by atoms with Gasteiger partial charge in [-0.3, -0.25) is 0 Å². The van der Waals surface area contributed by atoms with Crippen molar-refractivity contribution < 1.29 is 36.6 Å². The number of rotatable bonds is 4. The Labute approximate surface area is 198 Å². The minimum Gasteiger partial charge on any atom is -0.465 e. The van der Waals surface area contributed by atoms with Gasteiger partial charge in [0, 0.05) is 18.2 Å². The number of ether oxygens (including phenoxy) is 3. The molecular weight excluding hydrogens is 461 g/mol. The molecule has 1 unspecified atom stereocenters. The van der Waals surface area contributed by atoms with E-state index in [1.807, 2.05) is 18.2 Å². The molecule has 2 heterocycles. The third-order valence-electron chi connectivity index (χ3n) is 5.83. The zero-order valence-corrected chi connectivity index (χ0v) is 18.7. The Morgan fingerprint density at radius 3 is 2.14 bits per heavy atom. The summed E-state index contributed by atoms with van der Waals surface area (Å²) < 4.78 is 62.2. The van der Waals surface area contributed by atoms with Gasteiger partial charge >= 0.3 is 12.1 Å². The Morgan fingerprint density at radius 1 is 0.857 bits per heavy atom. The van der Waals surface area contributed by atoms with Crippen molar-refractivity contribution in [2.75, 3.05) is 14.2 Å². The van der Waals surface area contributed by atoms with E-state index in [0.717, 1.165) is 12.1 Å². The standard InChI is InChI=1S/C27H19F3O5/c1-32-25(31)17-9-7-15(8-10-17)21-22-24(19-5-3-4-6-20(19)34-26(22)33-2)35-23(21)16-11-13-18(14-12-16)27(28,29)30/h3-14,26H,1-2H3. The van der Waals surface area contributed by atoms with Gasteiger partial charge < -0.3 is 18.6 Å². The second-order valence-electron chi connectivity index (χ2n) is 7.87. The minimum atomic E-state index is -4.46. The van der Waals surface area contributed by atoms with Gasteiger partial charge in [0.05, 0.1) is 29.4 Å². The number of furan rings is 1. The first-order chi connectivity index (χ1) is 16.8. The Morgan fingerprint density at radius 2 is 1.51 bits per heavy atom. The maximum atomic E-state index is 13.2. The molecule has 178 valence electrons. The Balaban J connectivity index is 1.74. The predicted octanol–water partition coefficient (Wildman–Crippen LogP) is 7.12. The largest absolute Gasteiger partial charge is 0.465 e. The van der Waals surface area contributed by atoms with Crippen LogP contribution in [0.25, 0.3) is 33.8 Å². The average molecular weight is 480 g/mol. The summed E-state index contributed by atoms with van der Waals surface area (Å²) in [5.74, 6) is 0.936. The van der Waals surface area contributed by atoms with Crippen molar-refractivity contribution >= 4 is 5.97 Å². The van der Waals surface area contributed by atoms with Gasteiger partial charge in [-0.1, -0.05) is 36.4 Å². The number of carbonyl (C=O) groups is 1. The smallest absolute Gasteiger partial charge is 0.416 e. The SMILES string of the molecule is COC(=O)c1ccc(-c2c(-c3ccc(C(F)(F)F)cc3)oc3c2C(OC)Oc2ccccc2-3)cc1. The van der Waals surface area contributed by atoms with E-state index in [4.69, 9.17) is 18.6 Å². The van der Waals surface area contributed by atoms with Gasteiger partial charge in [0.2, 0.25) is 6.29 Å². The van der Waals surface area contributed by atoms with Gasteiger partial charge in [-0.25, -0.2) is 4.79 Å². The molecule has 0 saturated heterocycles. The Hall–Kier alpha value is -4.04. The zero-order chi connectivity index (χ0) is 24.7.